The zero-order valence-electron chi connectivity index (χ0n) is 7.25. The lowest BCUT2D eigenvalue weighted by atomic mass is 10.3. The van der Waals surface area contributed by atoms with Crippen LogP contribution in [0.2, 0.25) is 0 Å². The maximum atomic E-state index is 8.75. The summed E-state index contributed by atoms with van der Waals surface area (Å²) < 4.78 is 1.46. The molecule has 2 rings (SSSR count). The fourth-order valence-corrected chi connectivity index (χ4v) is 1.12. The molecule has 0 radical (unpaired) electrons. The van der Waals surface area contributed by atoms with E-state index in [-0.39, 0.29) is 0 Å². The van der Waals surface area contributed by atoms with Crippen LogP contribution in [0.25, 0.3) is 5.69 Å². The Morgan fingerprint density at radius 1 is 1.29 bits per heavy atom. The van der Waals surface area contributed by atoms with Gasteiger partial charge in [-0.3, -0.25) is 0 Å². The van der Waals surface area contributed by atoms with Crippen LogP contribution in [0.1, 0.15) is 5.69 Å². The Morgan fingerprint density at radius 2 is 2.00 bits per heavy atom. The molecule has 0 saturated carbocycles. The standard InChI is InChI=1S/C9H7N5/c10-5-9-6-12-13-14(9)8-3-1-7(11)2-4-8/h1-4,6H,11H2. The maximum absolute atomic E-state index is 8.75. The lowest BCUT2D eigenvalue weighted by Crippen LogP contribution is -1.99. The number of anilines is 1. The lowest BCUT2D eigenvalue weighted by Gasteiger charge is -2.00. The van der Waals surface area contributed by atoms with Gasteiger partial charge in [0.25, 0.3) is 0 Å². The number of nitrogens with two attached hydrogens (primary N) is 1. The zero-order valence-corrected chi connectivity index (χ0v) is 7.25. The first kappa shape index (κ1) is 8.26. The Kier molecular flexibility index (Phi) is 1.88. The summed E-state index contributed by atoms with van der Waals surface area (Å²) in [5, 5.41) is 16.2. The quantitative estimate of drug-likeness (QED) is 0.664. The van der Waals surface area contributed by atoms with Crippen LogP contribution in [0.15, 0.2) is 30.5 Å². The fourth-order valence-electron chi connectivity index (χ4n) is 1.12. The molecular weight excluding hydrogens is 178 g/mol. The van der Waals surface area contributed by atoms with Crippen molar-refractivity contribution in [1.29, 1.82) is 5.26 Å². The van der Waals surface area contributed by atoms with Gasteiger partial charge in [-0.2, -0.15) is 5.26 Å². The number of nitrogens with zero attached hydrogens (tertiary/aromatic N) is 4. The van der Waals surface area contributed by atoms with E-state index in [1.54, 1.807) is 24.3 Å². The topological polar surface area (TPSA) is 80.5 Å². The van der Waals surface area contributed by atoms with Crippen molar-refractivity contribution in [2.45, 2.75) is 0 Å². The zero-order chi connectivity index (χ0) is 9.97. The molecule has 0 atom stereocenters. The van der Waals surface area contributed by atoms with Crippen molar-refractivity contribution in [3.63, 3.8) is 0 Å². The number of rotatable bonds is 1. The summed E-state index contributed by atoms with van der Waals surface area (Å²) in [6.45, 7) is 0. The van der Waals surface area contributed by atoms with Crippen molar-refractivity contribution in [1.82, 2.24) is 15.0 Å². The van der Waals surface area contributed by atoms with Gasteiger partial charge in [-0.15, -0.1) is 5.10 Å². The van der Waals surface area contributed by atoms with E-state index < -0.39 is 0 Å². The molecule has 0 aliphatic carbocycles. The van der Waals surface area contributed by atoms with Gasteiger partial charge in [-0.05, 0) is 24.3 Å². The summed E-state index contributed by atoms with van der Waals surface area (Å²) in [7, 11) is 0. The Labute approximate surface area is 80.4 Å². The summed E-state index contributed by atoms with van der Waals surface area (Å²) in [5.41, 5.74) is 7.38. The highest BCUT2D eigenvalue weighted by Gasteiger charge is 2.03. The van der Waals surface area contributed by atoms with E-state index in [4.69, 9.17) is 11.0 Å². The molecule has 14 heavy (non-hydrogen) atoms. The third-order valence-corrected chi connectivity index (χ3v) is 1.80. The molecule has 2 aromatic rings. The first-order valence-electron chi connectivity index (χ1n) is 3.98. The second kappa shape index (κ2) is 3.18. The Morgan fingerprint density at radius 3 is 2.64 bits per heavy atom. The number of benzene rings is 1. The van der Waals surface area contributed by atoms with Crippen molar-refractivity contribution in [3.8, 4) is 11.8 Å². The molecule has 0 aliphatic heterocycles. The Balaban J connectivity index is 2.50. The van der Waals surface area contributed by atoms with Crippen LogP contribution >= 0.6 is 0 Å². The van der Waals surface area contributed by atoms with Crippen LogP contribution in [0.3, 0.4) is 0 Å². The largest absolute Gasteiger partial charge is 0.399 e. The van der Waals surface area contributed by atoms with Gasteiger partial charge in [-0.1, -0.05) is 5.21 Å². The van der Waals surface area contributed by atoms with E-state index >= 15 is 0 Å². The van der Waals surface area contributed by atoms with Crippen molar-refractivity contribution < 1.29 is 0 Å². The third-order valence-electron chi connectivity index (χ3n) is 1.80. The van der Waals surface area contributed by atoms with Gasteiger partial charge in [0.2, 0.25) is 0 Å². The summed E-state index contributed by atoms with van der Waals surface area (Å²) >= 11 is 0. The monoisotopic (exact) mass is 185 g/mol. The van der Waals surface area contributed by atoms with Crippen molar-refractivity contribution in [3.05, 3.63) is 36.2 Å². The van der Waals surface area contributed by atoms with Gasteiger partial charge in [0.05, 0.1) is 11.9 Å². The van der Waals surface area contributed by atoms with Gasteiger partial charge in [-0.25, -0.2) is 4.68 Å². The summed E-state index contributed by atoms with van der Waals surface area (Å²) in [6.07, 6.45) is 1.41. The van der Waals surface area contributed by atoms with Crippen LogP contribution in [0.5, 0.6) is 0 Å². The minimum absolute atomic E-state index is 0.398. The molecule has 0 fully saturated rings. The van der Waals surface area contributed by atoms with Crippen molar-refractivity contribution in [2.75, 3.05) is 5.73 Å². The van der Waals surface area contributed by atoms with E-state index in [0.717, 1.165) is 5.69 Å². The van der Waals surface area contributed by atoms with Gasteiger partial charge in [0.1, 0.15) is 6.07 Å². The van der Waals surface area contributed by atoms with Gasteiger partial charge in [0.15, 0.2) is 5.69 Å². The highest BCUT2D eigenvalue weighted by molar-refractivity contribution is 5.45. The number of aromatic nitrogens is 3. The molecule has 0 saturated heterocycles. The SMILES string of the molecule is N#Cc1cnnn1-c1ccc(N)cc1. The smallest absolute Gasteiger partial charge is 0.164 e. The molecule has 1 aromatic heterocycles. The Hall–Kier alpha value is -2.35. The highest BCUT2D eigenvalue weighted by atomic mass is 15.4. The molecule has 0 spiro atoms. The molecule has 1 heterocycles. The van der Waals surface area contributed by atoms with Crippen LogP contribution in [-0.4, -0.2) is 15.0 Å². The van der Waals surface area contributed by atoms with Crippen molar-refractivity contribution in [2.24, 2.45) is 0 Å². The van der Waals surface area contributed by atoms with E-state index in [2.05, 4.69) is 10.3 Å². The van der Waals surface area contributed by atoms with E-state index in [0.29, 0.717) is 11.4 Å². The van der Waals surface area contributed by atoms with E-state index in [9.17, 15) is 0 Å². The third kappa shape index (κ3) is 1.29. The molecule has 0 bridgehead atoms. The molecule has 2 N–H and O–H groups in total. The minimum atomic E-state index is 0.398. The number of nitrogen functional groups attached to an aromatic ring is 1. The van der Waals surface area contributed by atoms with E-state index in [1.807, 2.05) is 6.07 Å². The summed E-state index contributed by atoms with van der Waals surface area (Å²) in [6, 6.07) is 9.06. The van der Waals surface area contributed by atoms with Gasteiger partial charge in [0, 0.05) is 5.69 Å². The predicted molar refractivity (Wildman–Crippen MR) is 50.5 cm³/mol. The number of nitriles is 1. The summed E-state index contributed by atoms with van der Waals surface area (Å²) in [4.78, 5) is 0. The first-order chi connectivity index (χ1) is 6.81. The molecular formula is C9H7N5. The minimum Gasteiger partial charge on any atom is -0.399 e. The molecule has 0 aliphatic rings. The predicted octanol–water partition coefficient (Wildman–Crippen LogP) is 0.721. The maximum Gasteiger partial charge on any atom is 0.164 e. The first-order valence-corrected chi connectivity index (χ1v) is 3.98. The average molecular weight is 185 g/mol. The van der Waals surface area contributed by atoms with Crippen LogP contribution in [-0.2, 0) is 0 Å². The molecule has 68 valence electrons. The van der Waals surface area contributed by atoms with Crippen LogP contribution in [0, 0.1) is 11.3 Å². The lowest BCUT2D eigenvalue weighted by molar-refractivity contribution is 0.796. The molecule has 5 nitrogen and oxygen atoms in total. The Bertz CT molecular complexity index is 477. The van der Waals surface area contributed by atoms with Crippen LogP contribution < -0.4 is 5.73 Å². The van der Waals surface area contributed by atoms with Gasteiger partial charge >= 0.3 is 0 Å². The molecule has 0 amide bonds. The van der Waals surface area contributed by atoms with Crippen molar-refractivity contribution >= 4 is 5.69 Å². The average Bonchev–Trinajstić information content (AvgIpc) is 2.67. The molecule has 0 unspecified atom stereocenters. The summed E-state index contributed by atoms with van der Waals surface area (Å²) in [5.74, 6) is 0. The van der Waals surface area contributed by atoms with Gasteiger partial charge < -0.3 is 5.73 Å². The number of hydrogen-bond donors (Lipinski definition) is 1. The van der Waals surface area contributed by atoms with E-state index in [1.165, 1.54) is 10.9 Å². The fraction of sp³-hybridized carbons (Fsp3) is 0. The molecule has 5 heteroatoms. The second-order valence-electron chi connectivity index (χ2n) is 2.73. The van der Waals surface area contributed by atoms with Crippen LogP contribution in [0.4, 0.5) is 5.69 Å². The normalized spacial score (nSPS) is 9.64. The second-order valence-corrected chi connectivity index (χ2v) is 2.73. The number of hydrogen-bond acceptors (Lipinski definition) is 4. The highest BCUT2D eigenvalue weighted by Crippen LogP contribution is 2.10. The molecule has 1 aromatic carbocycles.